The molecular formula is FeNiO3P+. The van der Waals surface area contributed by atoms with E-state index in [0.717, 1.165) is 0 Å². The molecule has 0 rings (SSSR count). The van der Waals surface area contributed by atoms with Crippen molar-refractivity contribution in [3.63, 3.8) is 0 Å². The molecule has 0 bridgehead atoms. The molecule has 6 heteroatoms. The van der Waals surface area contributed by atoms with Gasteiger partial charge in [-0.05, 0) is 0 Å². The summed E-state index contributed by atoms with van der Waals surface area (Å²) < 4.78 is 8.48. The minimum Gasteiger partial charge on any atom is -0.598 e. The Morgan fingerprint density at radius 3 is 1.33 bits per heavy atom. The third-order valence-corrected chi connectivity index (χ3v) is 0. The summed E-state index contributed by atoms with van der Waals surface area (Å²) in [6.45, 7) is 0. The van der Waals surface area contributed by atoms with Crippen LogP contribution < -0.4 is 9.79 Å². The molecule has 0 N–H and O–H groups in total. The Labute approximate surface area is 56.5 Å². The second-order valence-corrected chi connectivity index (χ2v) is 0.671. The van der Waals surface area contributed by atoms with E-state index in [1.165, 1.54) is 0 Å². The van der Waals surface area contributed by atoms with Crippen LogP contribution in [0.25, 0.3) is 0 Å². The molecule has 6 heavy (non-hydrogen) atoms. The van der Waals surface area contributed by atoms with E-state index in [1.807, 2.05) is 0 Å². The molecule has 0 saturated heterocycles. The number of hydrogen-bond donors (Lipinski definition) is 0. The Morgan fingerprint density at radius 1 is 1.33 bits per heavy atom. The maximum atomic E-state index is 8.48. The third kappa shape index (κ3) is 76.7. The standard InChI is InChI=1S/Fe.Ni.HO3P/c;;1-4(2)3/h;;(H,1,2,3)/q;+2;/p-1. The Bertz CT molecular complexity index is 33.8. The maximum absolute atomic E-state index is 8.48. The van der Waals surface area contributed by atoms with Gasteiger partial charge in [-0.3, -0.25) is 0 Å². The fourth-order valence-electron chi connectivity index (χ4n) is 0. The van der Waals surface area contributed by atoms with Crippen LogP contribution >= 0.6 is 8.25 Å². The van der Waals surface area contributed by atoms with Crippen molar-refractivity contribution in [1.29, 1.82) is 0 Å². The van der Waals surface area contributed by atoms with Gasteiger partial charge in [0.25, 0.3) is 8.25 Å². The molecule has 0 aliphatic heterocycles. The van der Waals surface area contributed by atoms with Gasteiger partial charge in [0.2, 0.25) is 0 Å². The van der Waals surface area contributed by atoms with Gasteiger partial charge in [-0.1, -0.05) is 4.57 Å². The molecule has 0 atom stereocenters. The summed E-state index contributed by atoms with van der Waals surface area (Å²) in [4.78, 5) is 17.0. The first-order valence-electron chi connectivity index (χ1n) is 0.548. The average molecular weight is 194 g/mol. The first-order valence-corrected chi connectivity index (χ1v) is 1.64. The summed E-state index contributed by atoms with van der Waals surface area (Å²) in [6.07, 6.45) is 0. The Morgan fingerprint density at radius 2 is 1.33 bits per heavy atom. The van der Waals surface area contributed by atoms with Gasteiger partial charge in [0.15, 0.2) is 0 Å². The summed E-state index contributed by atoms with van der Waals surface area (Å²) >= 11 is 0. The van der Waals surface area contributed by atoms with Gasteiger partial charge < -0.3 is 9.79 Å². The van der Waals surface area contributed by atoms with Gasteiger partial charge in [0.05, 0.1) is 0 Å². The second kappa shape index (κ2) is 9.40. The van der Waals surface area contributed by atoms with Crippen LogP contribution in [0.5, 0.6) is 0 Å². The average Bonchev–Trinajstić information content (AvgIpc) is 0.811. The van der Waals surface area contributed by atoms with Crippen LogP contribution in [0.15, 0.2) is 0 Å². The molecule has 0 radical (unpaired) electrons. The smallest absolute Gasteiger partial charge is 0.598 e. The fraction of sp³-hybridized carbons (Fsp3) is 0. The zero-order valence-electron chi connectivity index (χ0n) is 2.34. The van der Waals surface area contributed by atoms with Crippen LogP contribution in [0.4, 0.5) is 0 Å². The minimum absolute atomic E-state index is 0. The molecule has 0 aliphatic rings. The SMILES string of the molecule is O=[P+]([O-])[O-].[Fe].[Ni+2]. The molecule has 0 fully saturated rings. The molecule has 0 aromatic heterocycles. The molecule has 0 aromatic carbocycles. The minimum atomic E-state index is -3.37. The van der Waals surface area contributed by atoms with Crippen molar-refractivity contribution < 1.29 is 47.9 Å². The summed E-state index contributed by atoms with van der Waals surface area (Å²) in [7, 11) is -3.37. The van der Waals surface area contributed by atoms with E-state index >= 15 is 0 Å². The van der Waals surface area contributed by atoms with Crippen molar-refractivity contribution in [3.05, 3.63) is 0 Å². The fourth-order valence-corrected chi connectivity index (χ4v) is 0. The van der Waals surface area contributed by atoms with Gasteiger partial charge in [-0.2, -0.15) is 0 Å². The van der Waals surface area contributed by atoms with E-state index in [4.69, 9.17) is 14.4 Å². The third-order valence-electron chi connectivity index (χ3n) is 0. The molecule has 0 unspecified atom stereocenters. The molecule has 0 aromatic rings. The van der Waals surface area contributed by atoms with Crippen LogP contribution in [0.1, 0.15) is 0 Å². The predicted molar refractivity (Wildman–Crippen MR) is 7.61 cm³/mol. The molecule has 40 valence electrons. The van der Waals surface area contributed by atoms with E-state index < -0.39 is 8.25 Å². The van der Waals surface area contributed by atoms with Gasteiger partial charge in [-0.25, -0.2) is 0 Å². The Hall–Kier alpha value is 1.03. The van der Waals surface area contributed by atoms with Crippen molar-refractivity contribution in [3.8, 4) is 0 Å². The maximum Gasteiger partial charge on any atom is 2.00 e. The topological polar surface area (TPSA) is 63.2 Å². The van der Waals surface area contributed by atoms with Gasteiger partial charge in [-0.15, -0.1) is 0 Å². The van der Waals surface area contributed by atoms with Crippen LogP contribution in [0.2, 0.25) is 0 Å². The summed E-state index contributed by atoms with van der Waals surface area (Å²) in [5.74, 6) is 0. The first-order chi connectivity index (χ1) is 1.73. The van der Waals surface area contributed by atoms with E-state index in [2.05, 4.69) is 0 Å². The molecular weight excluding hydrogens is 194 g/mol. The van der Waals surface area contributed by atoms with Gasteiger partial charge in [0.1, 0.15) is 0 Å². The largest absolute Gasteiger partial charge is 2.00 e. The summed E-state index contributed by atoms with van der Waals surface area (Å²) in [6, 6.07) is 0. The molecule has 0 spiro atoms. The van der Waals surface area contributed by atoms with E-state index in [0.29, 0.717) is 0 Å². The normalized spacial score (nSPS) is 4.33. The van der Waals surface area contributed by atoms with Crippen molar-refractivity contribution in [1.82, 2.24) is 0 Å². The molecule has 0 aliphatic carbocycles. The quantitative estimate of drug-likeness (QED) is 0.342. The Balaban J connectivity index is -0.0000000450. The van der Waals surface area contributed by atoms with Crippen LogP contribution in [0, 0.1) is 0 Å². The second-order valence-electron chi connectivity index (χ2n) is 0.224. The van der Waals surface area contributed by atoms with Crippen LogP contribution in [0.3, 0.4) is 0 Å². The van der Waals surface area contributed by atoms with Crippen molar-refractivity contribution >= 4 is 8.25 Å². The monoisotopic (exact) mass is 193 g/mol. The Kier molecular flexibility index (Phi) is 24.6. The number of rotatable bonds is 0. The number of hydrogen-bond acceptors (Lipinski definition) is 3. The van der Waals surface area contributed by atoms with E-state index in [9.17, 15) is 0 Å². The zero-order valence-corrected chi connectivity index (χ0v) is 5.33. The molecule has 0 saturated carbocycles. The molecule has 0 amide bonds. The predicted octanol–water partition coefficient (Wildman–Crippen LogP) is -1.64. The van der Waals surface area contributed by atoms with Crippen molar-refractivity contribution in [2.45, 2.75) is 0 Å². The van der Waals surface area contributed by atoms with Crippen LogP contribution in [-0.2, 0) is 38.1 Å². The first kappa shape index (κ1) is 15.7. The zero-order chi connectivity index (χ0) is 3.58. The summed E-state index contributed by atoms with van der Waals surface area (Å²) in [5.41, 5.74) is 0. The van der Waals surface area contributed by atoms with Gasteiger partial charge in [0, 0.05) is 17.1 Å². The van der Waals surface area contributed by atoms with Crippen molar-refractivity contribution in [2.24, 2.45) is 0 Å². The summed E-state index contributed by atoms with van der Waals surface area (Å²) in [5, 5.41) is 0. The van der Waals surface area contributed by atoms with Crippen LogP contribution in [-0.4, -0.2) is 0 Å². The van der Waals surface area contributed by atoms with E-state index in [-0.39, 0.29) is 33.6 Å². The molecule has 3 nitrogen and oxygen atoms in total. The van der Waals surface area contributed by atoms with E-state index in [1.54, 1.807) is 0 Å². The van der Waals surface area contributed by atoms with Crippen molar-refractivity contribution in [2.75, 3.05) is 0 Å². The molecule has 0 heterocycles. The van der Waals surface area contributed by atoms with Gasteiger partial charge >= 0.3 is 16.5 Å².